The third-order valence-electron chi connectivity index (χ3n) is 12.9. The van der Waals surface area contributed by atoms with Gasteiger partial charge in [0.1, 0.15) is 13.2 Å². The molecule has 0 saturated carbocycles. The van der Waals surface area contributed by atoms with Gasteiger partial charge < -0.3 is 14.2 Å². The Kier molecular flexibility index (Phi) is 59.4. The van der Waals surface area contributed by atoms with Crippen LogP contribution in [0.1, 0.15) is 271 Å². The van der Waals surface area contributed by atoms with Gasteiger partial charge in [-0.05, 0) is 141 Å². The molecule has 76 heavy (non-hydrogen) atoms. The topological polar surface area (TPSA) is 78.9 Å². The molecule has 0 aromatic rings. The van der Waals surface area contributed by atoms with Gasteiger partial charge in [0, 0.05) is 19.3 Å². The van der Waals surface area contributed by atoms with E-state index in [1.807, 2.05) is 0 Å². The zero-order chi connectivity index (χ0) is 55.0. The first-order chi connectivity index (χ1) is 37.5. The maximum absolute atomic E-state index is 12.9. The first-order valence-corrected chi connectivity index (χ1v) is 31.2. The van der Waals surface area contributed by atoms with Crippen molar-refractivity contribution in [2.45, 2.75) is 277 Å². The van der Waals surface area contributed by atoms with Crippen LogP contribution in [0.25, 0.3) is 0 Å². The van der Waals surface area contributed by atoms with Crippen LogP contribution in [0.2, 0.25) is 0 Å². The van der Waals surface area contributed by atoms with Crippen molar-refractivity contribution in [3.8, 4) is 0 Å². The SMILES string of the molecule is CC/C=C\C/C=C\C/C=C\C/C=C\C/C=C\C/C=C\C/C=C\C/C=C\CCCCC(=O)OCC(COC(=O)CCCCCCC/C=C\CCCCCCC)OC(=O)CCCCCCCCC/C=C\C/C=C\CCCCC. The van der Waals surface area contributed by atoms with Crippen LogP contribution in [0.3, 0.4) is 0 Å². The Balaban J connectivity index is 4.47. The van der Waals surface area contributed by atoms with E-state index in [0.29, 0.717) is 25.7 Å². The fraction of sp³-hybridized carbons (Fsp3) is 0.643. The van der Waals surface area contributed by atoms with Crippen molar-refractivity contribution >= 4 is 17.9 Å². The molecule has 1 atom stereocenters. The van der Waals surface area contributed by atoms with E-state index in [-0.39, 0.29) is 31.1 Å². The number of unbranched alkanes of at least 4 members (excludes halogenated alkanes) is 22. The second-order valence-corrected chi connectivity index (χ2v) is 20.2. The maximum atomic E-state index is 12.9. The average molecular weight is 1050 g/mol. The highest BCUT2D eigenvalue weighted by Crippen LogP contribution is 2.14. The summed E-state index contributed by atoms with van der Waals surface area (Å²) in [5.41, 5.74) is 0. The lowest BCUT2D eigenvalue weighted by molar-refractivity contribution is -0.167. The second-order valence-electron chi connectivity index (χ2n) is 20.2. The number of hydrogen-bond acceptors (Lipinski definition) is 6. The summed E-state index contributed by atoms with van der Waals surface area (Å²) in [6, 6.07) is 0. The van der Waals surface area contributed by atoms with Crippen LogP contribution in [0.5, 0.6) is 0 Å². The van der Waals surface area contributed by atoms with Gasteiger partial charge in [-0.2, -0.15) is 0 Å². The Morgan fingerprint density at radius 3 is 0.868 bits per heavy atom. The van der Waals surface area contributed by atoms with Crippen LogP contribution in [0, 0.1) is 0 Å². The summed E-state index contributed by atoms with van der Waals surface area (Å²) < 4.78 is 16.9. The van der Waals surface area contributed by atoms with Crippen LogP contribution in [0.4, 0.5) is 0 Å². The normalized spacial score (nSPS) is 13.0. The fourth-order valence-corrected chi connectivity index (χ4v) is 8.19. The molecule has 0 amide bonds. The molecule has 0 saturated heterocycles. The smallest absolute Gasteiger partial charge is 0.306 e. The lowest BCUT2D eigenvalue weighted by Crippen LogP contribution is -2.30. The number of esters is 3. The van der Waals surface area contributed by atoms with Gasteiger partial charge in [-0.25, -0.2) is 0 Å². The number of carbonyl (C=O) groups excluding carboxylic acids is 3. The summed E-state index contributed by atoms with van der Waals surface area (Å²) in [7, 11) is 0. The van der Waals surface area contributed by atoms with Crippen molar-refractivity contribution in [1.82, 2.24) is 0 Å². The first kappa shape index (κ1) is 71.5. The van der Waals surface area contributed by atoms with Gasteiger partial charge in [0.15, 0.2) is 6.10 Å². The summed E-state index contributed by atoms with van der Waals surface area (Å²) in [6.45, 7) is 6.44. The van der Waals surface area contributed by atoms with Gasteiger partial charge in [-0.3, -0.25) is 14.4 Å². The Hall–Kier alpha value is -4.45. The molecule has 0 aliphatic heterocycles. The maximum Gasteiger partial charge on any atom is 0.306 e. The molecule has 1 unspecified atom stereocenters. The third-order valence-corrected chi connectivity index (χ3v) is 12.9. The largest absolute Gasteiger partial charge is 0.462 e. The van der Waals surface area contributed by atoms with Gasteiger partial charge in [0.2, 0.25) is 0 Å². The number of rotatable bonds is 55. The molecule has 430 valence electrons. The third kappa shape index (κ3) is 60.4. The predicted octanol–water partition coefficient (Wildman–Crippen LogP) is 21.4. The van der Waals surface area contributed by atoms with Crippen LogP contribution in [0.15, 0.2) is 134 Å². The molecule has 0 radical (unpaired) electrons. The van der Waals surface area contributed by atoms with Crippen LogP contribution >= 0.6 is 0 Å². The van der Waals surface area contributed by atoms with E-state index in [4.69, 9.17) is 14.2 Å². The molecule has 0 aromatic carbocycles. The Bertz CT molecular complexity index is 1630. The summed E-state index contributed by atoms with van der Waals surface area (Å²) in [6.07, 6.45) is 88.7. The van der Waals surface area contributed by atoms with Gasteiger partial charge in [0.05, 0.1) is 0 Å². The zero-order valence-electron chi connectivity index (χ0n) is 49.2. The molecule has 0 fully saturated rings. The highest BCUT2D eigenvalue weighted by Gasteiger charge is 2.19. The molecule has 0 spiro atoms. The van der Waals surface area contributed by atoms with Crippen molar-refractivity contribution < 1.29 is 28.6 Å². The van der Waals surface area contributed by atoms with Gasteiger partial charge in [-0.1, -0.05) is 244 Å². The summed E-state index contributed by atoms with van der Waals surface area (Å²) in [4.78, 5) is 38.3. The fourth-order valence-electron chi connectivity index (χ4n) is 8.19. The molecule has 0 bridgehead atoms. The van der Waals surface area contributed by atoms with E-state index in [1.165, 1.54) is 96.3 Å². The summed E-state index contributed by atoms with van der Waals surface area (Å²) in [5, 5.41) is 0. The van der Waals surface area contributed by atoms with Crippen LogP contribution in [-0.2, 0) is 28.6 Å². The molecule has 0 N–H and O–H groups in total. The highest BCUT2D eigenvalue weighted by atomic mass is 16.6. The monoisotopic (exact) mass is 1050 g/mol. The Morgan fingerprint density at radius 2 is 0.513 bits per heavy atom. The van der Waals surface area contributed by atoms with E-state index in [9.17, 15) is 14.4 Å². The first-order valence-electron chi connectivity index (χ1n) is 31.2. The van der Waals surface area contributed by atoms with Gasteiger partial charge in [0.25, 0.3) is 0 Å². The van der Waals surface area contributed by atoms with E-state index in [2.05, 4.69) is 154 Å². The van der Waals surface area contributed by atoms with Crippen molar-refractivity contribution in [2.75, 3.05) is 13.2 Å². The average Bonchev–Trinajstić information content (AvgIpc) is 3.42. The lowest BCUT2D eigenvalue weighted by Gasteiger charge is -2.18. The number of carbonyl (C=O) groups is 3. The Morgan fingerprint density at radius 1 is 0.276 bits per heavy atom. The molecule has 6 nitrogen and oxygen atoms in total. The molecule has 0 heterocycles. The minimum atomic E-state index is -0.809. The number of allylic oxidation sites excluding steroid dienone is 22. The summed E-state index contributed by atoms with van der Waals surface area (Å²) >= 11 is 0. The molecular formula is C70H114O6. The van der Waals surface area contributed by atoms with E-state index in [1.54, 1.807) is 0 Å². The minimum Gasteiger partial charge on any atom is -0.462 e. The molecule has 0 aliphatic rings. The van der Waals surface area contributed by atoms with Crippen molar-refractivity contribution in [1.29, 1.82) is 0 Å². The quantitative estimate of drug-likeness (QED) is 0.0261. The van der Waals surface area contributed by atoms with E-state index < -0.39 is 6.10 Å². The molecular weight excluding hydrogens is 937 g/mol. The standard InChI is InChI=1S/C70H114O6/c1-4-7-10-13-16-19-22-25-28-30-31-32-33-34-35-36-37-38-39-41-42-45-48-51-54-57-60-63-69(72)75-66-67(65-74-68(71)62-59-56-53-50-47-44-27-24-21-18-15-12-9-6-3)76-70(73)64-61-58-55-52-49-46-43-40-29-26-23-20-17-14-11-8-5-2/h7,10,16-17,19-20,24-29,31-32,34-35,37-38,41-42,48,51,67H,4-6,8-9,11-15,18,21-23,30,33,36,39-40,43-47,49-50,52-66H2,1-3H3/b10-7-,19-16-,20-17-,27-24-,28-25-,29-26-,32-31-,35-34-,38-37-,42-41-,51-48-. The van der Waals surface area contributed by atoms with Gasteiger partial charge >= 0.3 is 17.9 Å². The predicted molar refractivity (Wildman–Crippen MR) is 329 cm³/mol. The lowest BCUT2D eigenvalue weighted by atomic mass is 10.1. The molecule has 0 aromatic heterocycles. The van der Waals surface area contributed by atoms with E-state index >= 15 is 0 Å². The zero-order valence-corrected chi connectivity index (χ0v) is 49.2. The van der Waals surface area contributed by atoms with Gasteiger partial charge in [-0.15, -0.1) is 0 Å². The highest BCUT2D eigenvalue weighted by molar-refractivity contribution is 5.71. The number of ether oxygens (including phenoxy) is 3. The van der Waals surface area contributed by atoms with Crippen molar-refractivity contribution in [3.05, 3.63) is 134 Å². The van der Waals surface area contributed by atoms with Crippen molar-refractivity contribution in [2.24, 2.45) is 0 Å². The Labute approximate surface area is 468 Å². The second kappa shape index (κ2) is 63.1. The summed E-state index contributed by atoms with van der Waals surface area (Å²) in [5.74, 6) is -0.964. The molecule has 0 rings (SSSR count). The molecule has 0 aliphatic carbocycles. The minimum absolute atomic E-state index is 0.103. The molecule has 6 heteroatoms. The number of hydrogen-bond donors (Lipinski definition) is 0. The van der Waals surface area contributed by atoms with Crippen LogP contribution in [-0.4, -0.2) is 37.2 Å². The van der Waals surface area contributed by atoms with Crippen LogP contribution < -0.4 is 0 Å². The van der Waals surface area contributed by atoms with Crippen molar-refractivity contribution in [3.63, 3.8) is 0 Å². The van der Waals surface area contributed by atoms with E-state index in [0.717, 1.165) is 128 Å².